The van der Waals surface area contributed by atoms with Gasteiger partial charge in [-0.25, -0.2) is 4.98 Å². The largest absolute Gasteiger partial charge is 0.256 e. The summed E-state index contributed by atoms with van der Waals surface area (Å²) in [5.74, 6) is 0. The molecule has 0 spiro atoms. The molecule has 0 atom stereocenters. The van der Waals surface area contributed by atoms with Gasteiger partial charge in [-0.3, -0.25) is 4.98 Å². The highest BCUT2D eigenvalue weighted by molar-refractivity contribution is 6.33. The Morgan fingerprint density at radius 3 is 1.71 bits per heavy atom. The minimum absolute atomic E-state index is 1.01. The third-order valence-electron chi connectivity index (χ3n) is 10.8. The molecule has 0 fully saturated rings. The first-order chi connectivity index (χ1) is 25.8. The van der Waals surface area contributed by atoms with Crippen LogP contribution in [-0.4, -0.2) is 9.97 Å². The maximum absolute atomic E-state index is 5.34. The number of fused-ring (bicyclic) bond motifs is 12. The summed E-state index contributed by atoms with van der Waals surface area (Å²) in [6.45, 7) is 0. The van der Waals surface area contributed by atoms with Crippen molar-refractivity contribution in [2.24, 2.45) is 0 Å². The monoisotopic (exact) mass is 658 g/mol. The number of nitrogens with zero attached hydrogens (tertiary/aromatic N) is 2. The van der Waals surface area contributed by atoms with Crippen LogP contribution in [0.2, 0.25) is 0 Å². The lowest BCUT2D eigenvalue weighted by Gasteiger charge is -2.16. The van der Waals surface area contributed by atoms with Crippen LogP contribution < -0.4 is 0 Å². The highest BCUT2D eigenvalue weighted by Gasteiger charge is 2.17. The first kappa shape index (κ1) is 28.9. The molecule has 0 amide bonds. The SMILES string of the molecule is c1cnc2c(c1)ccc1c(-c3ccc4cc(-c5ccc(-c6nc7ccccc7c7c8ccccc8c8ccccc8c67)cc5)ccc4c3)cccc12. The summed E-state index contributed by atoms with van der Waals surface area (Å²) in [5, 5.41) is 14.7. The Morgan fingerprint density at radius 1 is 0.327 bits per heavy atom. The fraction of sp³-hybridized carbons (Fsp3) is 0. The molecule has 240 valence electrons. The number of hydrogen-bond donors (Lipinski definition) is 0. The standard InChI is InChI=1S/C50H30N2/c1-3-12-42-39(10-1)40-11-2-4-13-43(40)48-47(42)45-14-5-6-17-46(45)52-50(48)33-20-18-31(19-21-33)34-22-23-36-30-37(25-24-35(36)29-34)38-15-7-16-44-41(38)27-26-32-9-8-28-51-49(32)44/h1-30H. The van der Waals surface area contributed by atoms with Crippen LogP contribution in [0, 0.1) is 0 Å². The van der Waals surface area contributed by atoms with E-state index in [1.165, 1.54) is 81.5 Å². The van der Waals surface area contributed by atoms with E-state index in [4.69, 9.17) is 9.97 Å². The molecule has 2 heteroatoms. The van der Waals surface area contributed by atoms with Gasteiger partial charge < -0.3 is 0 Å². The molecule has 52 heavy (non-hydrogen) atoms. The number of rotatable bonds is 3. The van der Waals surface area contributed by atoms with Gasteiger partial charge in [0.25, 0.3) is 0 Å². The van der Waals surface area contributed by atoms with Crippen LogP contribution in [0.15, 0.2) is 182 Å². The van der Waals surface area contributed by atoms with Crippen molar-refractivity contribution in [3.8, 4) is 33.5 Å². The molecular weight excluding hydrogens is 629 g/mol. The summed E-state index contributed by atoms with van der Waals surface area (Å²) >= 11 is 0. The van der Waals surface area contributed by atoms with E-state index in [2.05, 4.69) is 170 Å². The van der Waals surface area contributed by atoms with E-state index in [-0.39, 0.29) is 0 Å². The quantitative estimate of drug-likeness (QED) is 0.177. The molecule has 2 heterocycles. The van der Waals surface area contributed by atoms with Gasteiger partial charge in [-0.05, 0) is 84.2 Å². The van der Waals surface area contributed by atoms with Crippen LogP contribution in [0.3, 0.4) is 0 Å². The van der Waals surface area contributed by atoms with Gasteiger partial charge in [0.15, 0.2) is 0 Å². The summed E-state index contributed by atoms with van der Waals surface area (Å²) in [4.78, 5) is 10.0. The van der Waals surface area contributed by atoms with Crippen molar-refractivity contribution in [2.75, 3.05) is 0 Å². The summed E-state index contributed by atoms with van der Waals surface area (Å²) in [7, 11) is 0. The number of benzene rings is 9. The predicted octanol–water partition coefficient (Wildman–Crippen LogP) is 13.5. The Labute approximate surface area is 300 Å². The van der Waals surface area contributed by atoms with Crippen molar-refractivity contribution >= 4 is 75.7 Å². The second-order valence-corrected chi connectivity index (χ2v) is 13.7. The minimum atomic E-state index is 1.01. The van der Waals surface area contributed by atoms with E-state index >= 15 is 0 Å². The van der Waals surface area contributed by atoms with Crippen LogP contribution >= 0.6 is 0 Å². The molecule has 9 aromatic carbocycles. The Balaban J connectivity index is 1.01. The number of hydrogen-bond acceptors (Lipinski definition) is 2. The molecule has 2 nitrogen and oxygen atoms in total. The average Bonchev–Trinajstić information content (AvgIpc) is 3.22. The van der Waals surface area contributed by atoms with E-state index < -0.39 is 0 Å². The average molecular weight is 659 g/mol. The maximum atomic E-state index is 5.34. The lowest BCUT2D eigenvalue weighted by atomic mass is 9.89. The van der Waals surface area contributed by atoms with Crippen molar-refractivity contribution in [3.63, 3.8) is 0 Å². The van der Waals surface area contributed by atoms with Crippen molar-refractivity contribution in [3.05, 3.63) is 182 Å². The Bertz CT molecular complexity index is 3230. The third-order valence-corrected chi connectivity index (χ3v) is 10.8. The molecule has 0 aliphatic rings. The zero-order valence-electron chi connectivity index (χ0n) is 28.2. The van der Waals surface area contributed by atoms with Gasteiger partial charge in [0.2, 0.25) is 0 Å². The van der Waals surface area contributed by atoms with Gasteiger partial charge >= 0.3 is 0 Å². The highest BCUT2D eigenvalue weighted by Crippen LogP contribution is 2.43. The molecule has 0 aliphatic carbocycles. The summed E-state index contributed by atoms with van der Waals surface area (Å²) < 4.78 is 0. The zero-order valence-corrected chi connectivity index (χ0v) is 28.2. The second-order valence-electron chi connectivity index (χ2n) is 13.7. The molecule has 11 rings (SSSR count). The van der Waals surface area contributed by atoms with E-state index in [0.717, 1.165) is 27.7 Å². The zero-order chi connectivity index (χ0) is 34.2. The molecule has 0 unspecified atom stereocenters. The fourth-order valence-corrected chi connectivity index (χ4v) is 8.40. The van der Waals surface area contributed by atoms with Gasteiger partial charge in [0, 0.05) is 38.7 Å². The summed E-state index contributed by atoms with van der Waals surface area (Å²) in [6, 6.07) is 63.7. The van der Waals surface area contributed by atoms with E-state index in [1.54, 1.807) is 0 Å². The van der Waals surface area contributed by atoms with Crippen LogP contribution in [0.1, 0.15) is 0 Å². The molecule has 11 aromatic rings. The lowest BCUT2D eigenvalue weighted by Crippen LogP contribution is -1.93. The van der Waals surface area contributed by atoms with Crippen LogP contribution in [0.4, 0.5) is 0 Å². The number of para-hydroxylation sites is 1. The number of aromatic nitrogens is 2. The van der Waals surface area contributed by atoms with Gasteiger partial charge in [0.05, 0.1) is 16.7 Å². The van der Waals surface area contributed by atoms with E-state index in [1.807, 2.05) is 12.3 Å². The molecule has 0 saturated carbocycles. The molecule has 0 radical (unpaired) electrons. The van der Waals surface area contributed by atoms with Crippen molar-refractivity contribution in [2.45, 2.75) is 0 Å². The topological polar surface area (TPSA) is 25.8 Å². The van der Waals surface area contributed by atoms with Crippen molar-refractivity contribution in [1.29, 1.82) is 0 Å². The summed E-state index contributed by atoms with van der Waals surface area (Å²) in [5.41, 5.74) is 9.00. The van der Waals surface area contributed by atoms with Crippen LogP contribution in [0.5, 0.6) is 0 Å². The molecule has 0 aliphatic heterocycles. The highest BCUT2D eigenvalue weighted by atomic mass is 14.7. The third kappa shape index (κ3) is 4.38. The molecular formula is C50H30N2. The van der Waals surface area contributed by atoms with Gasteiger partial charge in [-0.1, -0.05) is 152 Å². The smallest absolute Gasteiger partial charge is 0.0794 e. The van der Waals surface area contributed by atoms with Gasteiger partial charge in [0.1, 0.15) is 0 Å². The predicted molar refractivity (Wildman–Crippen MR) is 221 cm³/mol. The van der Waals surface area contributed by atoms with Crippen molar-refractivity contribution in [1.82, 2.24) is 9.97 Å². The molecule has 0 saturated heterocycles. The van der Waals surface area contributed by atoms with Crippen molar-refractivity contribution < 1.29 is 0 Å². The number of pyridine rings is 2. The van der Waals surface area contributed by atoms with Crippen LogP contribution in [-0.2, 0) is 0 Å². The molecule has 0 bridgehead atoms. The fourth-order valence-electron chi connectivity index (χ4n) is 8.40. The molecule has 0 N–H and O–H groups in total. The Hall–Kier alpha value is -6.90. The maximum Gasteiger partial charge on any atom is 0.0794 e. The Morgan fingerprint density at radius 2 is 0.923 bits per heavy atom. The normalized spacial score (nSPS) is 11.8. The van der Waals surface area contributed by atoms with Crippen LogP contribution in [0.25, 0.3) is 109 Å². The first-order valence-corrected chi connectivity index (χ1v) is 17.8. The van der Waals surface area contributed by atoms with Gasteiger partial charge in [-0.15, -0.1) is 0 Å². The Kier molecular flexibility index (Phi) is 6.28. The van der Waals surface area contributed by atoms with E-state index in [9.17, 15) is 0 Å². The lowest BCUT2D eigenvalue weighted by molar-refractivity contribution is 1.43. The first-order valence-electron chi connectivity index (χ1n) is 17.8. The van der Waals surface area contributed by atoms with E-state index in [0.29, 0.717) is 0 Å². The second kappa shape index (κ2) is 11.3. The van der Waals surface area contributed by atoms with Gasteiger partial charge in [-0.2, -0.15) is 0 Å². The minimum Gasteiger partial charge on any atom is -0.256 e. The summed E-state index contributed by atoms with van der Waals surface area (Å²) in [6.07, 6.45) is 1.88. The molecule has 2 aromatic heterocycles.